The van der Waals surface area contributed by atoms with Gasteiger partial charge in [-0.3, -0.25) is 4.98 Å². The van der Waals surface area contributed by atoms with Gasteiger partial charge in [0.2, 0.25) is 10.0 Å². The van der Waals surface area contributed by atoms with Crippen LogP contribution in [0.25, 0.3) is 21.9 Å². The quantitative estimate of drug-likeness (QED) is 0.435. The number of fused-ring (bicyclic) bond motifs is 1. The first kappa shape index (κ1) is 21.9. The van der Waals surface area contributed by atoms with E-state index in [2.05, 4.69) is 27.3 Å². The standard InChI is InChI=1S/C25H21N5O3S/c26-15-18-2-1-3-19(12-18)21-13-20-4-8-27-17-24(20)25(14-21)33-22-6-10-30(11-7-22)34(31,32)23-5-9-28-29-16-23/h1-5,8-9,12-14,16-17,22H,6-7,10-11H2. The van der Waals surface area contributed by atoms with E-state index in [1.165, 1.54) is 22.8 Å². The Balaban J connectivity index is 1.39. The highest BCUT2D eigenvalue weighted by molar-refractivity contribution is 7.89. The summed E-state index contributed by atoms with van der Waals surface area (Å²) >= 11 is 0. The summed E-state index contributed by atoms with van der Waals surface area (Å²) in [4.78, 5) is 4.40. The molecule has 170 valence electrons. The Morgan fingerprint density at radius 2 is 1.82 bits per heavy atom. The number of ether oxygens (including phenoxy) is 1. The SMILES string of the molecule is N#Cc1cccc(-c2cc(OC3CCN(S(=O)(=O)c4ccnnc4)CC3)c3cnccc3c2)c1. The van der Waals surface area contributed by atoms with Gasteiger partial charge in [0.05, 0.1) is 24.0 Å². The largest absolute Gasteiger partial charge is 0.490 e. The second-order valence-corrected chi connectivity index (χ2v) is 10.0. The van der Waals surface area contributed by atoms with Crippen molar-refractivity contribution in [1.82, 2.24) is 19.5 Å². The number of hydrogen-bond acceptors (Lipinski definition) is 7. The lowest BCUT2D eigenvalue weighted by Gasteiger charge is -2.31. The van der Waals surface area contributed by atoms with Crippen LogP contribution >= 0.6 is 0 Å². The third-order valence-electron chi connectivity index (χ3n) is 5.93. The second-order valence-electron chi connectivity index (χ2n) is 8.06. The number of piperidine rings is 1. The van der Waals surface area contributed by atoms with Crippen LogP contribution in [0.4, 0.5) is 0 Å². The van der Waals surface area contributed by atoms with Gasteiger partial charge in [-0.15, -0.1) is 0 Å². The van der Waals surface area contributed by atoms with Crippen molar-refractivity contribution in [2.45, 2.75) is 23.8 Å². The highest BCUT2D eigenvalue weighted by Crippen LogP contribution is 2.34. The van der Waals surface area contributed by atoms with Crippen LogP contribution in [-0.2, 0) is 10.0 Å². The van der Waals surface area contributed by atoms with Crippen molar-refractivity contribution in [3.63, 3.8) is 0 Å². The van der Waals surface area contributed by atoms with Gasteiger partial charge >= 0.3 is 0 Å². The molecule has 0 aliphatic carbocycles. The van der Waals surface area contributed by atoms with Crippen molar-refractivity contribution in [2.24, 2.45) is 0 Å². The molecule has 1 aliphatic rings. The number of nitrogens with zero attached hydrogens (tertiary/aromatic N) is 5. The lowest BCUT2D eigenvalue weighted by Crippen LogP contribution is -2.41. The van der Waals surface area contributed by atoms with Crippen LogP contribution in [0.5, 0.6) is 5.75 Å². The molecule has 2 aromatic carbocycles. The first-order valence-corrected chi connectivity index (χ1v) is 12.3. The van der Waals surface area contributed by atoms with E-state index < -0.39 is 10.0 Å². The van der Waals surface area contributed by atoms with Crippen LogP contribution in [0.15, 0.2) is 78.2 Å². The van der Waals surface area contributed by atoms with E-state index in [1.54, 1.807) is 18.5 Å². The van der Waals surface area contributed by atoms with Crippen LogP contribution in [0.3, 0.4) is 0 Å². The minimum Gasteiger partial charge on any atom is -0.490 e. The van der Waals surface area contributed by atoms with E-state index in [9.17, 15) is 13.7 Å². The molecule has 5 rings (SSSR count). The number of nitriles is 1. The Kier molecular flexibility index (Phi) is 5.92. The normalized spacial score (nSPS) is 15.1. The Morgan fingerprint density at radius 3 is 2.59 bits per heavy atom. The molecule has 3 heterocycles. The van der Waals surface area contributed by atoms with E-state index in [0.717, 1.165) is 21.9 Å². The molecule has 0 spiro atoms. The monoisotopic (exact) mass is 471 g/mol. The van der Waals surface area contributed by atoms with Crippen molar-refractivity contribution in [3.05, 3.63) is 78.9 Å². The molecule has 0 N–H and O–H groups in total. The summed E-state index contributed by atoms with van der Waals surface area (Å²) in [7, 11) is -3.60. The van der Waals surface area contributed by atoms with Gasteiger partial charge in [-0.05, 0) is 65.8 Å². The van der Waals surface area contributed by atoms with E-state index in [-0.39, 0.29) is 11.0 Å². The number of aromatic nitrogens is 3. The molecule has 1 aliphatic heterocycles. The zero-order valence-corrected chi connectivity index (χ0v) is 19.0. The number of rotatable bonds is 5. The number of sulfonamides is 1. The summed E-state index contributed by atoms with van der Waals surface area (Å²) in [6.07, 6.45) is 7.15. The van der Waals surface area contributed by atoms with Crippen LogP contribution in [0, 0.1) is 11.3 Å². The maximum absolute atomic E-state index is 12.9. The molecule has 4 aromatic rings. The molecule has 0 saturated carbocycles. The average Bonchev–Trinajstić information content (AvgIpc) is 2.89. The van der Waals surface area contributed by atoms with Crippen molar-refractivity contribution in [1.29, 1.82) is 5.26 Å². The molecule has 34 heavy (non-hydrogen) atoms. The zero-order chi connectivity index (χ0) is 23.5. The molecule has 8 nitrogen and oxygen atoms in total. The first-order valence-electron chi connectivity index (χ1n) is 10.9. The third kappa shape index (κ3) is 4.33. The number of pyridine rings is 1. The smallest absolute Gasteiger partial charge is 0.244 e. The van der Waals surface area contributed by atoms with Gasteiger partial charge in [-0.2, -0.15) is 19.8 Å². The fraction of sp³-hybridized carbons (Fsp3) is 0.200. The summed E-state index contributed by atoms with van der Waals surface area (Å²) in [5.41, 5.74) is 2.46. The van der Waals surface area contributed by atoms with Crippen LogP contribution in [-0.4, -0.2) is 47.1 Å². The average molecular weight is 472 g/mol. The minimum absolute atomic E-state index is 0.133. The van der Waals surface area contributed by atoms with Gasteiger partial charge < -0.3 is 4.74 Å². The van der Waals surface area contributed by atoms with Gasteiger partial charge in [0.1, 0.15) is 16.7 Å². The van der Waals surface area contributed by atoms with Gasteiger partial charge in [0, 0.05) is 30.9 Å². The van der Waals surface area contributed by atoms with Gasteiger partial charge in [0.15, 0.2) is 0 Å². The lowest BCUT2D eigenvalue weighted by molar-refractivity contribution is 0.137. The zero-order valence-electron chi connectivity index (χ0n) is 18.2. The van der Waals surface area contributed by atoms with Crippen molar-refractivity contribution in [2.75, 3.05) is 13.1 Å². The molecule has 1 fully saturated rings. The van der Waals surface area contributed by atoms with E-state index in [0.29, 0.717) is 37.2 Å². The topological polar surface area (TPSA) is 109 Å². The molecular weight excluding hydrogens is 450 g/mol. The summed E-state index contributed by atoms with van der Waals surface area (Å²) in [6, 6.07) is 17.0. The van der Waals surface area contributed by atoms with Crippen LogP contribution in [0.1, 0.15) is 18.4 Å². The fourth-order valence-electron chi connectivity index (χ4n) is 4.15. The molecule has 9 heteroatoms. The maximum Gasteiger partial charge on any atom is 0.244 e. The molecule has 0 amide bonds. The maximum atomic E-state index is 12.9. The second kappa shape index (κ2) is 9.17. The summed E-state index contributed by atoms with van der Waals surface area (Å²) in [5.74, 6) is 0.697. The molecule has 0 bridgehead atoms. The van der Waals surface area contributed by atoms with Crippen LogP contribution in [0.2, 0.25) is 0 Å². The van der Waals surface area contributed by atoms with E-state index in [4.69, 9.17) is 4.74 Å². The fourth-order valence-corrected chi connectivity index (χ4v) is 5.55. The summed E-state index contributed by atoms with van der Waals surface area (Å²) < 4.78 is 33.6. The Labute approximate surface area is 197 Å². The Morgan fingerprint density at radius 1 is 0.971 bits per heavy atom. The van der Waals surface area contributed by atoms with Crippen molar-refractivity contribution in [3.8, 4) is 22.9 Å². The summed E-state index contributed by atoms with van der Waals surface area (Å²) in [6.45, 7) is 0.713. The first-order chi connectivity index (χ1) is 16.5. The van der Waals surface area contributed by atoms with Crippen molar-refractivity contribution >= 4 is 20.8 Å². The number of benzene rings is 2. The molecule has 0 unspecified atom stereocenters. The van der Waals surface area contributed by atoms with Gasteiger partial charge in [0.25, 0.3) is 0 Å². The molecule has 2 aromatic heterocycles. The Bertz CT molecular complexity index is 1480. The molecule has 0 radical (unpaired) electrons. The van der Waals surface area contributed by atoms with Crippen LogP contribution < -0.4 is 4.74 Å². The summed E-state index contributed by atoms with van der Waals surface area (Å²) in [5, 5.41) is 18.5. The van der Waals surface area contributed by atoms with E-state index >= 15 is 0 Å². The number of hydrogen-bond donors (Lipinski definition) is 0. The lowest BCUT2D eigenvalue weighted by atomic mass is 10.00. The van der Waals surface area contributed by atoms with Crippen molar-refractivity contribution < 1.29 is 13.2 Å². The molecule has 1 saturated heterocycles. The van der Waals surface area contributed by atoms with E-state index in [1.807, 2.05) is 30.3 Å². The molecular formula is C25H21N5O3S. The third-order valence-corrected chi connectivity index (χ3v) is 7.81. The predicted octanol–water partition coefficient (Wildman–Crippen LogP) is 3.80. The van der Waals surface area contributed by atoms with Gasteiger partial charge in [-0.1, -0.05) is 12.1 Å². The predicted molar refractivity (Wildman–Crippen MR) is 126 cm³/mol. The highest BCUT2D eigenvalue weighted by Gasteiger charge is 2.30. The molecule has 0 atom stereocenters. The highest BCUT2D eigenvalue weighted by atomic mass is 32.2. The Hall–Kier alpha value is -3.87. The minimum atomic E-state index is -3.60. The van der Waals surface area contributed by atoms with Gasteiger partial charge in [-0.25, -0.2) is 8.42 Å².